The van der Waals surface area contributed by atoms with Crippen molar-refractivity contribution < 1.29 is 27.4 Å². The number of unbranched alkanes of at least 4 members (excludes halogenated alkanes) is 8. The van der Waals surface area contributed by atoms with Gasteiger partial charge in [0.25, 0.3) is 0 Å². The van der Waals surface area contributed by atoms with Gasteiger partial charge in [0.2, 0.25) is 0 Å². The number of carbonyl (C=O) groups excluding carboxylic acids is 1. The molecular weight excluding hydrogens is 537 g/mol. The summed E-state index contributed by atoms with van der Waals surface area (Å²) in [6.45, 7) is 6.60. The third kappa shape index (κ3) is 11.4. The van der Waals surface area contributed by atoms with Gasteiger partial charge < -0.3 is 9.47 Å². The summed E-state index contributed by atoms with van der Waals surface area (Å²) in [5.74, 6) is 0.679. The summed E-state index contributed by atoms with van der Waals surface area (Å²) in [6.07, 6.45) is 10.8. The quantitative estimate of drug-likeness (QED) is 0.128. The lowest BCUT2D eigenvalue weighted by molar-refractivity contribution is -0.223. The zero-order valence-corrected chi connectivity index (χ0v) is 26.2. The molecule has 0 N–H and O–H groups in total. The molecule has 1 fully saturated rings. The first-order valence-electron chi connectivity index (χ1n) is 16.6. The molecule has 2 aromatic rings. The van der Waals surface area contributed by atoms with Crippen molar-refractivity contribution in [3.05, 3.63) is 42.0 Å². The first-order chi connectivity index (χ1) is 20.2. The molecule has 3 rings (SSSR count). The van der Waals surface area contributed by atoms with E-state index in [1.54, 1.807) is 13.0 Å². The van der Waals surface area contributed by atoms with E-state index >= 15 is 0 Å². The average molecular weight is 591 g/mol. The first-order valence-corrected chi connectivity index (χ1v) is 16.6. The topological polar surface area (TPSA) is 35.5 Å². The maximum Gasteiger partial charge on any atom is 0.425 e. The van der Waals surface area contributed by atoms with Crippen molar-refractivity contribution in [3.63, 3.8) is 0 Å². The number of ether oxygens (including phenoxy) is 2. The molecule has 6 heteroatoms. The van der Waals surface area contributed by atoms with Gasteiger partial charge in [0.15, 0.2) is 6.10 Å². The number of fused-ring (bicyclic) bond motifs is 1. The molecule has 236 valence electrons. The number of benzene rings is 2. The molecule has 1 aliphatic rings. The van der Waals surface area contributed by atoms with Crippen LogP contribution in [-0.2, 0) is 9.53 Å². The Morgan fingerprint density at radius 1 is 0.810 bits per heavy atom. The molecule has 0 heterocycles. The molecular formula is C36H53F3O3. The van der Waals surface area contributed by atoms with Crippen molar-refractivity contribution in [1.29, 1.82) is 0 Å². The summed E-state index contributed by atoms with van der Waals surface area (Å²) in [5.41, 5.74) is 0.644. The van der Waals surface area contributed by atoms with Gasteiger partial charge in [0.05, 0.1) is 12.5 Å². The Labute approximate surface area is 251 Å². The fourth-order valence-electron chi connectivity index (χ4n) is 6.14. The van der Waals surface area contributed by atoms with E-state index < -0.39 is 24.2 Å². The van der Waals surface area contributed by atoms with Gasteiger partial charge in [0, 0.05) is 0 Å². The molecule has 0 unspecified atom stereocenters. The number of rotatable bonds is 18. The third-order valence-corrected chi connectivity index (χ3v) is 9.05. The highest BCUT2D eigenvalue weighted by atomic mass is 19.4. The van der Waals surface area contributed by atoms with Crippen LogP contribution in [0.1, 0.15) is 135 Å². The largest absolute Gasteiger partial charge is 0.493 e. The Bertz CT molecular complexity index is 1060. The average Bonchev–Trinajstić information content (AvgIpc) is 2.98. The Morgan fingerprint density at radius 3 is 2.10 bits per heavy atom. The van der Waals surface area contributed by atoms with E-state index in [-0.39, 0.29) is 6.42 Å². The van der Waals surface area contributed by atoms with Crippen molar-refractivity contribution in [2.45, 2.75) is 142 Å². The Kier molecular flexibility index (Phi) is 14.5. The number of esters is 1. The Hall–Kier alpha value is -2.24. The van der Waals surface area contributed by atoms with Crippen LogP contribution < -0.4 is 4.74 Å². The second kappa shape index (κ2) is 17.8. The SMILES string of the molecule is CCCCCCCCC1CCC(COc2ccc3cc([C@H](C)C(=O)O[C@@H](CCCCCC)C(F)(F)F)ccc3c2)CC1. The standard InChI is InChI=1S/C36H53F3O3/c1-4-6-8-10-11-12-14-28-16-18-29(19-17-28)26-41-33-23-22-31-24-30(20-21-32(31)25-33)27(3)35(40)42-34(36(37,38)39)15-13-9-7-5-2/h20-25,27-29,34H,4-19,26H2,1-3H3/t27-,28?,29?,34-/m0/s1. The van der Waals surface area contributed by atoms with Gasteiger partial charge in [-0.05, 0) is 72.9 Å². The van der Waals surface area contributed by atoms with Crippen molar-refractivity contribution in [3.8, 4) is 5.75 Å². The minimum Gasteiger partial charge on any atom is -0.493 e. The van der Waals surface area contributed by atoms with Crippen LogP contribution in [-0.4, -0.2) is 24.9 Å². The van der Waals surface area contributed by atoms with Crippen molar-refractivity contribution in [2.75, 3.05) is 6.61 Å². The van der Waals surface area contributed by atoms with Crippen LogP contribution in [0.3, 0.4) is 0 Å². The predicted octanol–water partition coefficient (Wildman–Crippen LogP) is 11.3. The van der Waals surface area contributed by atoms with E-state index in [9.17, 15) is 18.0 Å². The summed E-state index contributed by atoms with van der Waals surface area (Å²) in [6, 6.07) is 11.5. The van der Waals surface area contributed by atoms with E-state index in [4.69, 9.17) is 9.47 Å². The molecule has 0 spiro atoms. The number of hydrogen-bond acceptors (Lipinski definition) is 3. The molecule has 0 saturated heterocycles. The van der Waals surface area contributed by atoms with E-state index in [1.807, 2.05) is 37.3 Å². The number of hydrogen-bond donors (Lipinski definition) is 0. The van der Waals surface area contributed by atoms with Crippen LogP contribution in [0, 0.1) is 11.8 Å². The maximum absolute atomic E-state index is 13.5. The molecule has 0 aliphatic heterocycles. The highest BCUT2D eigenvalue weighted by Gasteiger charge is 2.42. The monoisotopic (exact) mass is 590 g/mol. The highest BCUT2D eigenvalue weighted by molar-refractivity contribution is 5.86. The zero-order chi connectivity index (χ0) is 30.4. The Morgan fingerprint density at radius 2 is 1.40 bits per heavy atom. The van der Waals surface area contributed by atoms with E-state index in [1.165, 1.54) is 70.6 Å². The van der Waals surface area contributed by atoms with Gasteiger partial charge in [0.1, 0.15) is 5.75 Å². The molecule has 2 aromatic carbocycles. The van der Waals surface area contributed by atoms with E-state index in [2.05, 4.69) is 6.92 Å². The number of halogens is 3. The van der Waals surface area contributed by atoms with Gasteiger partial charge in [-0.3, -0.25) is 4.79 Å². The Balaban J connectivity index is 1.46. The molecule has 42 heavy (non-hydrogen) atoms. The highest BCUT2D eigenvalue weighted by Crippen LogP contribution is 2.34. The van der Waals surface area contributed by atoms with Crippen molar-refractivity contribution in [2.24, 2.45) is 11.8 Å². The van der Waals surface area contributed by atoms with Gasteiger partial charge in [-0.1, -0.05) is 115 Å². The third-order valence-electron chi connectivity index (χ3n) is 9.05. The summed E-state index contributed by atoms with van der Waals surface area (Å²) >= 11 is 0. The molecule has 3 nitrogen and oxygen atoms in total. The van der Waals surface area contributed by atoms with Gasteiger partial charge >= 0.3 is 12.1 Å². The molecule has 1 aliphatic carbocycles. The number of alkyl halides is 3. The van der Waals surface area contributed by atoms with Gasteiger partial charge in [-0.15, -0.1) is 0 Å². The van der Waals surface area contributed by atoms with Crippen molar-refractivity contribution in [1.82, 2.24) is 0 Å². The summed E-state index contributed by atoms with van der Waals surface area (Å²) in [7, 11) is 0. The maximum atomic E-state index is 13.5. The molecule has 0 amide bonds. The molecule has 2 atom stereocenters. The summed E-state index contributed by atoms with van der Waals surface area (Å²) in [4.78, 5) is 12.7. The smallest absolute Gasteiger partial charge is 0.425 e. The molecule has 0 bridgehead atoms. The second-order valence-electron chi connectivity index (χ2n) is 12.6. The minimum absolute atomic E-state index is 0.191. The molecule has 0 radical (unpaired) electrons. The van der Waals surface area contributed by atoms with E-state index in [0.29, 0.717) is 24.3 Å². The fraction of sp³-hybridized carbons (Fsp3) is 0.694. The van der Waals surface area contributed by atoms with Gasteiger partial charge in [-0.25, -0.2) is 0 Å². The van der Waals surface area contributed by atoms with E-state index in [0.717, 1.165) is 41.9 Å². The second-order valence-corrected chi connectivity index (χ2v) is 12.6. The van der Waals surface area contributed by atoms with Crippen molar-refractivity contribution >= 4 is 16.7 Å². The zero-order valence-electron chi connectivity index (χ0n) is 26.2. The molecule has 0 aromatic heterocycles. The van der Waals surface area contributed by atoms with Crippen LogP contribution in [0.5, 0.6) is 5.75 Å². The molecule has 1 saturated carbocycles. The predicted molar refractivity (Wildman–Crippen MR) is 166 cm³/mol. The lowest BCUT2D eigenvalue weighted by atomic mass is 9.80. The summed E-state index contributed by atoms with van der Waals surface area (Å²) in [5, 5.41) is 1.89. The lowest BCUT2D eigenvalue weighted by Gasteiger charge is -2.28. The van der Waals surface area contributed by atoms with Crippen LogP contribution in [0.15, 0.2) is 36.4 Å². The first kappa shape index (κ1) is 34.3. The normalized spacial score (nSPS) is 19.0. The van der Waals surface area contributed by atoms with Crippen LogP contribution in [0.4, 0.5) is 13.2 Å². The lowest BCUT2D eigenvalue weighted by Crippen LogP contribution is -2.35. The summed E-state index contributed by atoms with van der Waals surface area (Å²) < 4.78 is 51.7. The van der Waals surface area contributed by atoms with Crippen LogP contribution in [0.25, 0.3) is 10.8 Å². The van der Waals surface area contributed by atoms with Gasteiger partial charge in [-0.2, -0.15) is 13.2 Å². The minimum atomic E-state index is -4.56. The van der Waals surface area contributed by atoms with Crippen LogP contribution in [0.2, 0.25) is 0 Å². The fourth-order valence-corrected chi connectivity index (χ4v) is 6.14. The number of carbonyl (C=O) groups is 1. The van der Waals surface area contributed by atoms with Crippen LogP contribution >= 0.6 is 0 Å².